The Morgan fingerprint density at radius 2 is 2.00 bits per heavy atom. The van der Waals surface area contributed by atoms with Crippen molar-refractivity contribution < 1.29 is 8.42 Å². The van der Waals surface area contributed by atoms with Crippen LogP contribution in [0, 0.1) is 5.92 Å². The smallest absolute Gasteiger partial charge is 0.150 e. The highest BCUT2D eigenvalue weighted by Crippen LogP contribution is 2.47. The molecule has 20 heavy (non-hydrogen) atoms. The largest absolute Gasteiger partial charge is 0.347 e. The van der Waals surface area contributed by atoms with Gasteiger partial charge in [0.15, 0.2) is 9.84 Å². The second-order valence-electron chi connectivity index (χ2n) is 6.42. The van der Waals surface area contributed by atoms with Crippen LogP contribution in [0.4, 0.5) is 5.69 Å². The Bertz CT molecular complexity index is 673. The Balaban J connectivity index is 2.00. The van der Waals surface area contributed by atoms with Crippen LogP contribution in [0.3, 0.4) is 0 Å². The van der Waals surface area contributed by atoms with Crippen molar-refractivity contribution in [1.82, 2.24) is 0 Å². The predicted octanol–water partition coefficient (Wildman–Crippen LogP) is 2.73. The standard InChI is InChI=1S/C16H21NO2S/c1-16(2)13-6-4-5-7-14(13)17(3)15(16)10-12-8-9-20(18,19)11-12/h4-7,10,12H,8-9,11H2,1-3H3. The van der Waals surface area contributed by atoms with E-state index in [1.54, 1.807) is 0 Å². The van der Waals surface area contributed by atoms with Gasteiger partial charge in [-0.3, -0.25) is 0 Å². The number of fused-ring (bicyclic) bond motifs is 1. The highest BCUT2D eigenvalue weighted by molar-refractivity contribution is 7.91. The molecule has 1 saturated heterocycles. The molecule has 108 valence electrons. The molecule has 2 aliphatic heterocycles. The van der Waals surface area contributed by atoms with Crippen molar-refractivity contribution in [2.75, 3.05) is 23.5 Å². The molecule has 0 radical (unpaired) electrons. The summed E-state index contributed by atoms with van der Waals surface area (Å²) in [7, 11) is -0.750. The molecule has 0 spiro atoms. The first-order valence-corrected chi connectivity index (χ1v) is 8.89. The number of hydrogen-bond donors (Lipinski definition) is 0. The van der Waals surface area contributed by atoms with E-state index in [2.05, 4.69) is 50.1 Å². The second-order valence-corrected chi connectivity index (χ2v) is 8.64. The highest BCUT2D eigenvalue weighted by atomic mass is 32.2. The third-order valence-corrected chi connectivity index (χ3v) is 6.40. The van der Waals surface area contributed by atoms with E-state index in [1.807, 2.05) is 6.07 Å². The van der Waals surface area contributed by atoms with Gasteiger partial charge in [0.25, 0.3) is 0 Å². The van der Waals surface area contributed by atoms with Gasteiger partial charge in [-0.2, -0.15) is 0 Å². The van der Waals surface area contributed by atoms with Crippen molar-refractivity contribution in [3.63, 3.8) is 0 Å². The Morgan fingerprint density at radius 3 is 2.60 bits per heavy atom. The number of para-hydroxylation sites is 1. The first kappa shape index (κ1) is 13.7. The van der Waals surface area contributed by atoms with Gasteiger partial charge in [0.05, 0.1) is 11.5 Å². The molecule has 0 saturated carbocycles. The van der Waals surface area contributed by atoms with Crippen LogP contribution in [-0.2, 0) is 15.3 Å². The molecule has 2 heterocycles. The van der Waals surface area contributed by atoms with Gasteiger partial charge in [-0.1, -0.05) is 38.1 Å². The van der Waals surface area contributed by atoms with Crippen LogP contribution in [0.15, 0.2) is 36.0 Å². The predicted molar refractivity (Wildman–Crippen MR) is 82.7 cm³/mol. The Kier molecular flexibility index (Phi) is 2.98. The minimum Gasteiger partial charge on any atom is -0.347 e. The van der Waals surface area contributed by atoms with E-state index in [0.717, 1.165) is 6.42 Å². The molecule has 1 aromatic rings. The summed E-state index contributed by atoms with van der Waals surface area (Å²) < 4.78 is 23.3. The average molecular weight is 291 g/mol. The summed E-state index contributed by atoms with van der Waals surface area (Å²) in [5.41, 5.74) is 3.71. The number of benzene rings is 1. The van der Waals surface area contributed by atoms with E-state index in [-0.39, 0.29) is 11.3 Å². The third kappa shape index (κ3) is 2.06. The highest BCUT2D eigenvalue weighted by Gasteiger charge is 2.39. The lowest BCUT2D eigenvalue weighted by molar-refractivity contribution is 0.599. The van der Waals surface area contributed by atoms with Crippen LogP contribution in [0.25, 0.3) is 0 Å². The fourth-order valence-corrected chi connectivity index (χ4v) is 5.22. The van der Waals surface area contributed by atoms with Gasteiger partial charge >= 0.3 is 0 Å². The van der Waals surface area contributed by atoms with Crippen molar-refractivity contribution >= 4 is 15.5 Å². The molecule has 0 bridgehead atoms. The van der Waals surface area contributed by atoms with Crippen LogP contribution < -0.4 is 4.90 Å². The van der Waals surface area contributed by atoms with Crippen molar-refractivity contribution in [1.29, 1.82) is 0 Å². The van der Waals surface area contributed by atoms with Gasteiger partial charge in [0.2, 0.25) is 0 Å². The van der Waals surface area contributed by atoms with Gasteiger partial charge in [-0.25, -0.2) is 8.42 Å². The van der Waals surface area contributed by atoms with E-state index in [4.69, 9.17) is 0 Å². The van der Waals surface area contributed by atoms with Gasteiger partial charge in [0.1, 0.15) is 0 Å². The minimum atomic E-state index is -2.82. The zero-order valence-electron chi connectivity index (χ0n) is 12.3. The number of nitrogens with zero attached hydrogens (tertiary/aromatic N) is 1. The van der Waals surface area contributed by atoms with Crippen molar-refractivity contribution in [2.45, 2.75) is 25.7 Å². The fraction of sp³-hybridized carbons (Fsp3) is 0.500. The van der Waals surface area contributed by atoms with E-state index >= 15 is 0 Å². The zero-order valence-corrected chi connectivity index (χ0v) is 13.1. The molecule has 3 rings (SSSR count). The molecular formula is C16H21NO2S. The van der Waals surface area contributed by atoms with Gasteiger partial charge < -0.3 is 4.90 Å². The Hall–Kier alpha value is -1.29. The first-order chi connectivity index (χ1) is 9.31. The summed E-state index contributed by atoms with van der Waals surface area (Å²) >= 11 is 0. The molecule has 2 aliphatic rings. The number of hydrogen-bond acceptors (Lipinski definition) is 3. The maximum absolute atomic E-state index is 11.6. The van der Waals surface area contributed by atoms with Crippen LogP contribution >= 0.6 is 0 Å². The third-order valence-electron chi connectivity index (χ3n) is 4.60. The summed E-state index contributed by atoms with van der Waals surface area (Å²) in [6.45, 7) is 4.43. The number of likely N-dealkylation sites (N-methyl/N-ethyl adjacent to an activating group) is 1. The SMILES string of the molecule is CN1C(=CC2CCS(=O)(=O)C2)C(C)(C)c2ccccc21. The van der Waals surface area contributed by atoms with Gasteiger partial charge in [-0.15, -0.1) is 0 Å². The lowest BCUT2D eigenvalue weighted by Gasteiger charge is -2.25. The lowest BCUT2D eigenvalue weighted by Crippen LogP contribution is -2.24. The Labute approximate surface area is 121 Å². The fourth-order valence-electron chi connectivity index (χ4n) is 3.48. The van der Waals surface area contributed by atoms with Crippen LogP contribution in [0.1, 0.15) is 25.8 Å². The van der Waals surface area contributed by atoms with Crippen molar-refractivity contribution in [3.8, 4) is 0 Å². The number of rotatable bonds is 1. The van der Waals surface area contributed by atoms with Gasteiger partial charge in [0, 0.05) is 23.8 Å². The van der Waals surface area contributed by atoms with Crippen LogP contribution in [0.5, 0.6) is 0 Å². The normalized spacial score (nSPS) is 28.9. The maximum atomic E-state index is 11.6. The topological polar surface area (TPSA) is 37.4 Å². The van der Waals surface area contributed by atoms with Crippen molar-refractivity contribution in [3.05, 3.63) is 41.6 Å². The molecule has 3 nitrogen and oxygen atoms in total. The average Bonchev–Trinajstić information content (AvgIpc) is 2.82. The van der Waals surface area contributed by atoms with E-state index in [1.165, 1.54) is 16.9 Å². The molecule has 1 fully saturated rings. The summed E-state index contributed by atoms with van der Waals surface area (Å²) in [5, 5.41) is 0. The molecule has 1 atom stereocenters. The van der Waals surface area contributed by atoms with E-state index in [9.17, 15) is 8.42 Å². The molecule has 0 N–H and O–H groups in total. The van der Waals surface area contributed by atoms with E-state index < -0.39 is 9.84 Å². The molecule has 1 unspecified atom stereocenters. The van der Waals surface area contributed by atoms with Crippen molar-refractivity contribution in [2.24, 2.45) is 5.92 Å². The number of anilines is 1. The molecule has 1 aromatic carbocycles. The van der Waals surface area contributed by atoms with Crippen LogP contribution in [-0.4, -0.2) is 27.0 Å². The maximum Gasteiger partial charge on any atom is 0.150 e. The first-order valence-electron chi connectivity index (χ1n) is 7.07. The van der Waals surface area contributed by atoms with Gasteiger partial charge in [-0.05, 0) is 24.0 Å². The molecular weight excluding hydrogens is 270 g/mol. The zero-order chi connectivity index (χ0) is 14.5. The van der Waals surface area contributed by atoms with Crippen LogP contribution in [0.2, 0.25) is 0 Å². The minimum absolute atomic E-state index is 0.0578. The lowest BCUT2D eigenvalue weighted by atomic mass is 9.83. The molecule has 0 aromatic heterocycles. The molecule has 0 amide bonds. The summed E-state index contributed by atoms with van der Waals surface area (Å²) in [4.78, 5) is 2.21. The second kappa shape index (κ2) is 4.35. The number of sulfone groups is 1. The summed E-state index contributed by atoms with van der Waals surface area (Å²) in [5.74, 6) is 0.793. The molecule has 4 heteroatoms. The Morgan fingerprint density at radius 1 is 1.30 bits per heavy atom. The summed E-state index contributed by atoms with van der Waals surface area (Å²) in [6, 6.07) is 8.41. The summed E-state index contributed by atoms with van der Waals surface area (Å²) in [6.07, 6.45) is 2.94. The molecule has 0 aliphatic carbocycles. The van der Waals surface area contributed by atoms with E-state index in [0.29, 0.717) is 11.5 Å². The quantitative estimate of drug-likeness (QED) is 0.798. The monoisotopic (exact) mass is 291 g/mol. The number of allylic oxidation sites excluding steroid dienone is 2.